The van der Waals surface area contributed by atoms with Crippen molar-refractivity contribution in [2.75, 3.05) is 6.61 Å². The Morgan fingerprint density at radius 1 is 1.30 bits per heavy atom. The van der Waals surface area contributed by atoms with Crippen LogP contribution in [0.1, 0.15) is 56.3 Å². The van der Waals surface area contributed by atoms with Gasteiger partial charge in [0, 0.05) is 6.54 Å². The average Bonchev–Trinajstić information content (AvgIpc) is 2.53. The summed E-state index contributed by atoms with van der Waals surface area (Å²) in [6, 6.07) is 7.80. The second kappa shape index (κ2) is 7.77. The molecule has 0 heterocycles. The molecule has 0 aromatic heterocycles. The van der Waals surface area contributed by atoms with E-state index in [0.29, 0.717) is 19.3 Å². The second-order valence-corrected chi connectivity index (χ2v) is 5.86. The van der Waals surface area contributed by atoms with E-state index in [0.717, 1.165) is 29.9 Å². The van der Waals surface area contributed by atoms with Gasteiger partial charge in [-0.3, -0.25) is 0 Å². The summed E-state index contributed by atoms with van der Waals surface area (Å²) < 4.78 is 5.91. The number of benzene rings is 1. The highest BCUT2D eigenvalue weighted by atomic mass is 16.5. The maximum atomic E-state index is 10.2. The van der Waals surface area contributed by atoms with Gasteiger partial charge in [0.05, 0.1) is 12.7 Å². The highest BCUT2D eigenvalue weighted by Crippen LogP contribution is 2.29. The number of hydrogen-bond donors (Lipinski definition) is 2. The minimum atomic E-state index is -0.538. The first-order chi connectivity index (χ1) is 9.72. The number of rotatable bonds is 6. The Kier molecular flexibility index (Phi) is 6.02. The summed E-state index contributed by atoms with van der Waals surface area (Å²) in [7, 11) is 0. The fourth-order valence-electron chi connectivity index (χ4n) is 2.96. The van der Waals surface area contributed by atoms with E-state index in [-0.39, 0.29) is 0 Å². The van der Waals surface area contributed by atoms with Gasteiger partial charge < -0.3 is 15.6 Å². The van der Waals surface area contributed by atoms with Gasteiger partial charge in [0.15, 0.2) is 0 Å². The molecular weight excluding hydrogens is 250 g/mol. The summed E-state index contributed by atoms with van der Waals surface area (Å²) in [4.78, 5) is 0. The molecule has 3 N–H and O–H groups in total. The molecule has 1 aliphatic carbocycles. The zero-order valence-electron chi connectivity index (χ0n) is 12.4. The lowest BCUT2D eigenvalue weighted by molar-refractivity contribution is -0.0339. The molecule has 1 fully saturated rings. The van der Waals surface area contributed by atoms with Crippen LogP contribution in [0.15, 0.2) is 24.3 Å². The van der Waals surface area contributed by atoms with Crippen molar-refractivity contribution < 1.29 is 9.84 Å². The van der Waals surface area contributed by atoms with E-state index in [1.165, 1.54) is 19.3 Å². The van der Waals surface area contributed by atoms with Gasteiger partial charge in [0.25, 0.3) is 0 Å². The van der Waals surface area contributed by atoms with E-state index in [1.807, 2.05) is 24.3 Å². The van der Waals surface area contributed by atoms with E-state index in [1.54, 1.807) is 0 Å². The lowest BCUT2D eigenvalue weighted by Crippen LogP contribution is -2.24. The second-order valence-electron chi connectivity index (χ2n) is 5.86. The zero-order chi connectivity index (χ0) is 14.4. The molecule has 0 bridgehead atoms. The lowest BCUT2D eigenvalue weighted by Gasteiger charge is -2.29. The number of nitrogens with two attached hydrogens (primary N) is 1. The highest BCUT2D eigenvalue weighted by molar-refractivity contribution is 5.24. The third kappa shape index (κ3) is 4.30. The SMILES string of the molecule is CCC1CCCC(OCC(O)c2ccc(CN)cc2)C1. The molecular formula is C17H27NO2. The van der Waals surface area contributed by atoms with Gasteiger partial charge in [-0.25, -0.2) is 0 Å². The molecule has 0 radical (unpaired) electrons. The van der Waals surface area contributed by atoms with Crippen molar-refractivity contribution in [1.82, 2.24) is 0 Å². The van der Waals surface area contributed by atoms with Crippen LogP contribution in [0, 0.1) is 5.92 Å². The molecule has 0 amide bonds. The Balaban J connectivity index is 1.80. The Labute approximate surface area is 122 Å². The molecule has 3 nitrogen and oxygen atoms in total. The Morgan fingerprint density at radius 3 is 2.70 bits per heavy atom. The molecule has 3 atom stereocenters. The van der Waals surface area contributed by atoms with Crippen molar-refractivity contribution in [2.24, 2.45) is 11.7 Å². The smallest absolute Gasteiger partial charge is 0.102 e. The quantitative estimate of drug-likeness (QED) is 0.839. The summed E-state index contributed by atoms with van der Waals surface area (Å²) in [6.07, 6.45) is 5.90. The van der Waals surface area contributed by atoms with Crippen LogP contribution >= 0.6 is 0 Å². The Hall–Kier alpha value is -0.900. The van der Waals surface area contributed by atoms with E-state index < -0.39 is 6.10 Å². The topological polar surface area (TPSA) is 55.5 Å². The van der Waals surface area contributed by atoms with E-state index >= 15 is 0 Å². The van der Waals surface area contributed by atoms with Crippen LogP contribution in [-0.2, 0) is 11.3 Å². The van der Waals surface area contributed by atoms with Crippen molar-refractivity contribution in [1.29, 1.82) is 0 Å². The fraction of sp³-hybridized carbons (Fsp3) is 0.647. The number of aliphatic hydroxyl groups excluding tert-OH is 1. The van der Waals surface area contributed by atoms with Crippen molar-refractivity contribution in [2.45, 2.75) is 57.8 Å². The summed E-state index contributed by atoms with van der Waals surface area (Å²) in [5.74, 6) is 0.801. The summed E-state index contributed by atoms with van der Waals surface area (Å²) in [6.45, 7) is 3.18. The van der Waals surface area contributed by atoms with Gasteiger partial charge in [-0.1, -0.05) is 50.5 Å². The predicted octanol–water partition coefficient (Wildman–Crippen LogP) is 3.16. The molecule has 2 rings (SSSR count). The van der Waals surface area contributed by atoms with Crippen LogP contribution in [0.4, 0.5) is 0 Å². The van der Waals surface area contributed by atoms with Crippen molar-refractivity contribution in [3.8, 4) is 0 Å². The van der Waals surface area contributed by atoms with Crippen LogP contribution in [0.25, 0.3) is 0 Å². The molecule has 0 spiro atoms. The molecule has 3 unspecified atom stereocenters. The maximum Gasteiger partial charge on any atom is 0.102 e. The molecule has 0 aliphatic heterocycles. The molecule has 0 saturated heterocycles. The standard InChI is InChI=1S/C17H27NO2/c1-2-13-4-3-5-16(10-13)20-12-17(19)15-8-6-14(11-18)7-9-15/h6-9,13,16-17,19H,2-5,10-12,18H2,1H3. The first-order valence-electron chi connectivity index (χ1n) is 7.81. The van der Waals surface area contributed by atoms with Crippen LogP contribution in [0.5, 0.6) is 0 Å². The van der Waals surface area contributed by atoms with Gasteiger partial charge >= 0.3 is 0 Å². The summed E-state index contributed by atoms with van der Waals surface area (Å²) >= 11 is 0. The maximum absolute atomic E-state index is 10.2. The van der Waals surface area contributed by atoms with Gasteiger partial charge in [-0.05, 0) is 29.9 Å². The highest BCUT2D eigenvalue weighted by Gasteiger charge is 2.22. The minimum Gasteiger partial charge on any atom is -0.386 e. The molecule has 1 aromatic carbocycles. The molecule has 112 valence electrons. The average molecular weight is 277 g/mol. The fourth-order valence-corrected chi connectivity index (χ4v) is 2.96. The molecule has 1 aliphatic rings. The summed E-state index contributed by atoms with van der Waals surface area (Å²) in [5, 5.41) is 10.2. The van der Waals surface area contributed by atoms with Crippen molar-refractivity contribution in [3.05, 3.63) is 35.4 Å². The summed E-state index contributed by atoms with van der Waals surface area (Å²) in [5.41, 5.74) is 7.56. The van der Waals surface area contributed by atoms with Gasteiger partial charge in [0.1, 0.15) is 6.10 Å². The first kappa shape index (κ1) is 15.5. The number of ether oxygens (including phenoxy) is 1. The molecule has 20 heavy (non-hydrogen) atoms. The molecule has 1 aromatic rings. The van der Waals surface area contributed by atoms with E-state index in [4.69, 9.17) is 10.5 Å². The van der Waals surface area contributed by atoms with Gasteiger partial charge in [-0.15, -0.1) is 0 Å². The largest absolute Gasteiger partial charge is 0.386 e. The Bertz CT molecular complexity index is 390. The third-order valence-corrected chi connectivity index (χ3v) is 4.40. The number of hydrogen-bond acceptors (Lipinski definition) is 3. The monoisotopic (exact) mass is 277 g/mol. The zero-order valence-corrected chi connectivity index (χ0v) is 12.4. The van der Waals surface area contributed by atoms with E-state index in [2.05, 4.69) is 6.92 Å². The first-order valence-corrected chi connectivity index (χ1v) is 7.81. The Morgan fingerprint density at radius 2 is 2.05 bits per heavy atom. The molecule has 1 saturated carbocycles. The van der Waals surface area contributed by atoms with E-state index in [9.17, 15) is 5.11 Å². The lowest BCUT2D eigenvalue weighted by atomic mass is 9.85. The van der Waals surface area contributed by atoms with Gasteiger partial charge in [-0.2, -0.15) is 0 Å². The van der Waals surface area contributed by atoms with Crippen LogP contribution in [0.3, 0.4) is 0 Å². The molecule has 3 heteroatoms. The van der Waals surface area contributed by atoms with Crippen LogP contribution in [0.2, 0.25) is 0 Å². The number of aliphatic hydroxyl groups is 1. The normalized spacial score (nSPS) is 24.6. The van der Waals surface area contributed by atoms with Crippen LogP contribution in [-0.4, -0.2) is 17.8 Å². The predicted molar refractivity (Wildman–Crippen MR) is 81.3 cm³/mol. The third-order valence-electron chi connectivity index (χ3n) is 4.40. The van der Waals surface area contributed by atoms with Gasteiger partial charge in [0.2, 0.25) is 0 Å². The minimum absolute atomic E-state index is 0.326. The van der Waals surface area contributed by atoms with Crippen LogP contribution < -0.4 is 5.73 Å². The van der Waals surface area contributed by atoms with Crippen molar-refractivity contribution >= 4 is 0 Å². The van der Waals surface area contributed by atoms with Crippen molar-refractivity contribution in [3.63, 3.8) is 0 Å².